The molecule has 0 aromatic rings. The van der Waals surface area contributed by atoms with Gasteiger partial charge in [0.1, 0.15) is 0 Å². The first kappa shape index (κ1) is 16.6. The molecule has 0 rings (SSSR count). The van der Waals surface area contributed by atoms with E-state index in [1.165, 1.54) is 0 Å². The van der Waals surface area contributed by atoms with E-state index in [-0.39, 0.29) is 11.5 Å². The number of rotatable bonds is 11. The fraction of sp³-hybridized carbons (Fsp3) is 1.00. The maximum absolute atomic E-state index is 10.2. The minimum Gasteiger partial charge on any atom is -0.301 e. The molecule has 8 nitrogen and oxygen atoms in total. The fourth-order valence-electron chi connectivity index (χ4n) is 1.64. The second-order valence-corrected chi connectivity index (χ2v) is 4.41. The van der Waals surface area contributed by atoms with Gasteiger partial charge in [-0.3, -0.25) is 10.1 Å². The van der Waals surface area contributed by atoms with E-state index in [1.807, 2.05) is 0 Å². The van der Waals surface area contributed by atoms with Crippen molar-refractivity contribution < 1.29 is 9.96 Å². The third-order valence-corrected chi connectivity index (χ3v) is 2.63. The summed E-state index contributed by atoms with van der Waals surface area (Å²) in [4.78, 5) is 22.1. The van der Waals surface area contributed by atoms with Crippen molar-refractivity contribution in [3.05, 3.63) is 20.2 Å². The molecule has 0 saturated heterocycles. The topological polar surface area (TPSA) is 102 Å². The van der Waals surface area contributed by atoms with E-state index in [9.17, 15) is 20.2 Å². The molecule has 0 aromatic carbocycles. The van der Waals surface area contributed by atoms with Gasteiger partial charge in [0.05, 0.1) is 6.54 Å². The minimum atomic E-state index is -0.545. The molecule has 0 aliphatic heterocycles. The van der Waals surface area contributed by atoms with Crippen LogP contribution in [0.5, 0.6) is 0 Å². The van der Waals surface area contributed by atoms with Crippen molar-refractivity contribution in [2.45, 2.75) is 39.2 Å². The van der Waals surface area contributed by atoms with Gasteiger partial charge in [-0.1, -0.05) is 0 Å². The van der Waals surface area contributed by atoms with Crippen LogP contribution in [0.2, 0.25) is 0 Å². The van der Waals surface area contributed by atoms with Crippen LogP contribution in [-0.4, -0.2) is 47.1 Å². The third kappa shape index (κ3) is 9.76. The van der Waals surface area contributed by atoms with E-state index < -0.39 is 5.03 Å². The van der Waals surface area contributed by atoms with E-state index in [4.69, 9.17) is 0 Å². The summed E-state index contributed by atoms with van der Waals surface area (Å²) in [7, 11) is 0. The minimum absolute atomic E-state index is 0.00874. The van der Waals surface area contributed by atoms with Crippen LogP contribution in [-0.2, 0) is 0 Å². The van der Waals surface area contributed by atoms with Crippen LogP contribution >= 0.6 is 0 Å². The Morgan fingerprint density at radius 3 is 2.22 bits per heavy atom. The van der Waals surface area contributed by atoms with Crippen LogP contribution in [0.1, 0.15) is 33.1 Å². The standard InChI is InChI=1S/C10H22N4O4/c1-10(2)12(7-3-4-9-13(15)16)8-5-6-11-14(17)18/h10-11H,3-9H2,1-2H3. The lowest BCUT2D eigenvalue weighted by Gasteiger charge is -2.25. The summed E-state index contributed by atoms with van der Waals surface area (Å²) in [6.45, 7) is 6.00. The Hall–Kier alpha value is -1.44. The number of hydrogen-bond acceptors (Lipinski definition) is 5. The SMILES string of the molecule is CC(C)N(CCCC[N+](=O)[O-])CCCN[N+](=O)[O-]. The highest BCUT2D eigenvalue weighted by Crippen LogP contribution is 2.03. The molecule has 0 amide bonds. The van der Waals surface area contributed by atoms with Crippen LogP contribution in [0.15, 0.2) is 0 Å². The summed E-state index contributed by atoms with van der Waals surface area (Å²) >= 11 is 0. The van der Waals surface area contributed by atoms with Crippen molar-refractivity contribution in [1.82, 2.24) is 10.3 Å². The van der Waals surface area contributed by atoms with Gasteiger partial charge in [-0.05, 0) is 33.2 Å². The second kappa shape index (κ2) is 9.58. The maximum Gasteiger partial charge on any atom is 0.203 e. The molecule has 0 spiro atoms. The predicted molar refractivity (Wildman–Crippen MR) is 67.4 cm³/mol. The molecule has 18 heavy (non-hydrogen) atoms. The van der Waals surface area contributed by atoms with Crippen molar-refractivity contribution >= 4 is 0 Å². The summed E-state index contributed by atoms with van der Waals surface area (Å²) in [6, 6.07) is 0.344. The Morgan fingerprint density at radius 1 is 1.11 bits per heavy atom. The van der Waals surface area contributed by atoms with Crippen LogP contribution in [0.4, 0.5) is 0 Å². The molecular weight excluding hydrogens is 240 g/mol. The Balaban J connectivity index is 3.71. The lowest BCUT2D eigenvalue weighted by molar-refractivity contribution is -0.544. The molecule has 106 valence electrons. The molecule has 1 N–H and O–H groups in total. The molecule has 0 fully saturated rings. The monoisotopic (exact) mass is 262 g/mol. The largest absolute Gasteiger partial charge is 0.301 e. The van der Waals surface area contributed by atoms with Crippen molar-refractivity contribution in [2.24, 2.45) is 0 Å². The lowest BCUT2D eigenvalue weighted by Crippen LogP contribution is -2.35. The molecule has 0 atom stereocenters. The van der Waals surface area contributed by atoms with Gasteiger partial charge >= 0.3 is 0 Å². The molecule has 0 heterocycles. The summed E-state index contributed by atoms with van der Waals surface area (Å²) in [6.07, 6.45) is 2.04. The van der Waals surface area contributed by atoms with E-state index in [0.29, 0.717) is 25.4 Å². The fourth-order valence-corrected chi connectivity index (χ4v) is 1.64. The van der Waals surface area contributed by atoms with Gasteiger partial charge in [-0.15, -0.1) is 5.43 Å². The molecule has 0 bridgehead atoms. The van der Waals surface area contributed by atoms with Gasteiger partial charge in [0.2, 0.25) is 6.54 Å². The zero-order chi connectivity index (χ0) is 14.0. The summed E-state index contributed by atoms with van der Waals surface area (Å²) < 4.78 is 0. The van der Waals surface area contributed by atoms with Crippen molar-refractivity contribution in [3.8, 4) is 0 Å². The Morgan fingerprint density at radius 2 is 1.72 bits per heavy atom. The average molecular weight is 262 g/mol. The van der Waals surface area contributed by atoms with Gasteiger partial charge in [0.25, 0.3) is 0 Å². The predicted octanol–water partition coefficient (Wildman–Crippen LogP) is 0.925. The van der Waals surface area contributed by atoms with Crippen LogP contribution in [0.3, 0.4) is 0 Å². The lowest BCUT2D eigenvalue weighted by atomic mass is 10.2. The molecule has 0 saturated carbocycles. The van der Waals surface area contributed by atoms with Crippen molar-refractivity contribution in [2.75, 3.05) is 26.2 Å². The molecular formula is C10H22N4O4. The number of nitro groups is 2. The molecule has 0 radical (unpaired) electrons. The third-order valence-electron chi connectivity index (χ3n) is 2.63. The number of unbranched alkanes of at least 4 members (excludes halogenated alkanes) is 1. The number of hydrazine groups is 1. The molecule has 0 aromatic heterocycles. The van der Waals surface area contributed by atoms with Crippen molar-refractivity contribution in [3.63, 3.8) is 0 Å². The maximum atomic E-state index is 10.2. The first-order valence-corrected chi connectivity index (χ1v) is 6.17. The van der Waals surface area contributed by atoms with Crippen molar-refractivity contribution in [1.29, 1.82) is 0 Å². The highest BCUT2D eigenvalue weighted by Gasteiger charge is 2.09. The number of nitrogens with one attached hydrogen (secondary N) is 1. The average Bonchev–Trinajstić information content (AvgIpc) is 2.25. The van der Waals surface area contributed by atoms with Gasteiger partial charge in [-0.25, -0.2) is 10.1 Å². The van der Waals surface area contributed by atoms with Gasteiger partial charge < -0.3 is 4.90 Å². The molecule has 0 unspecified atom stereocenters. The Kier molecular flexibility index (Phi) is 8.81. The van der Waals surface area contributed by atoms with Gasteiger partial charge in [-0.2, -0.15) is 0 Å². The smallest absolute Gasteiger partial charge is 0.203 e. The van der Waals surface area contributed by atoms with E-state index in [0.717, 1.165) is 19.5 Å². The van der Waals surface area contributed by atoms with Crippen LogP contribution in [0, 0.1) is 20.2 Å². The number of nitrogens with zero attached hydrogens (tertiary/aromatic N) is 3. The first-order valence-electron chi connectivity index (χ1n) is 6.17. The Bertz CT molecular complexity index is 238. The summed E-state index contributed by atoms with van der Waals surface area (Å²) in [5.41, 5.74) is 2.13. The second-order valence-electron chi connectivity index (χ2n) is 4.41. The highest BCUT2D eigenvalue weighted by atomic mass is 16.7. The summed E-state index contributed by atoms with van der Waals surface area (Å²) in [5.74, 6) is 0. The van der Waals surface area contributed by atoms with E-state index in [1.54, 1.807) is 0 Å². The quantitative estimate of drug-likeness (QED) is 0.337. The molecule has 0 aliphatic carbocycles. The molecule has 0 aliphatic rings. The summed E-state index contributed by atoms with van der Waals surface area (Å²) in [5, 5.41) is 19.7. The van der Waals surface area contributed by atoms with Gasteiger partial charge in [0.15, 0.2) is 5.03 Å². The Labute approximate surface area is 107 Å². The molecule has 8 heteroatoms. The highest BCUT2D eigenvalue weighted by molar-refractivity contribution is 4.63. The zero-order valence-electron chi connectivity index (χ0n) is 11.0. The zero-order valence-corrected chi connectivity index (χ0v) is 11.0. The van der Waals surface area contributed by atoms with E-state index >= 15 is 0 Å². The first-order chi connectivity index (χ1) is 8.43. The normalized spacial score (nSPS) is 10.9. The van der Waals surface area contributed by atoms with Gasteiger partial charge in [0, 0.05) is 23.9 Å². The van der Waals surface area contributed by atoms with E-state index in [2.05, 4.69) is 24.2 Å². The van der Waals surface area contributed by atoms with Crippen LogP contribution in [0.25, 0.3) is 0 Å². The van der Waals surface area contributed by atoms with Crippen LogP contribution < -0.4 is 5.43 Å². The number of hydrogen-bond donors (Lipinski definition) is 1.